The van der Waals surface area contributed by atoms with Crippen LogP contribution in [0.2, 0.25) is 0 Å². The molecule has 53 nitrogen and oxygen atoms in total. The summed E-state index contributed by atoms with van der Waals surface area (Å²) in [4.78, 5) is 25.7. The standard InChI is InChI=1S/C64H108N2O51/c1-13(76)65-25-47(31(82)19(7-71)100-55(25)98)110-56-26(66-14(2)77)48(32(83)20(8-72)101-56)111-62-46(97)52(36(87)24(109-62)12-99-57-43(94)49(33(84)21(9-73)102-57)112-58-41(92)37(88)27(78)15(3-67)103-58)115-63-54(40(91)30(81)17(5-69)107-63)117-64-53(39(90)29(80)18(6-70)108-64)116-61-45(96)51(35(86)23(11-75)106-61)114-60-44(95)50(34(85)22(10-74)105-60)113-59-42(93)38(89)28(79)16(4-68)104-59/h15-64,67-75,78-98H,3-12H2,1-2H3,(H,65,76)(H,66,77)/t15-,16-,17-,18-,19-,20-,21-,22-,23-,24-,25-,26-,27-,28+,29-,30-,31-,32-,33-,34+,35-,36-,37+,38+,39+,40+,41+,42-,43+,44-,45+,46+,47-,48-,49+,50+,51+,52+,53+,54+,55-,56+,57+,58-,59+,60+,61-,62-,63-,64-/m1/s1. The molecule has 32 N–H and O–H groups in total. The SMILES string of the molecule is CC(=O)N[C@@H]1[C@@H](O[C@@H]2O[C@H](CO)[C@@H](O)[C@H](O[C@H]3O[C@H](CO[C@H]4O[C@H](CO)[C@@H](O)[C@H](O[C@H]5O[C@H](CO)[C@@H](O)[C@H](O)[C@@H]5O)[C@@H]4O)[C@@H](O)[C@H](O[C@H]4O[C@H](CO)[C@@H](O)[C@H](O)[C@@H]4O[C@H]4O[C@H](CO)[C@@H](O)[C@H](O)[C@@H]4O[C@H]4O[C@H](CO)[C@@H](O)[C@H](O[C@@H]5O[C@H](CO)[C@H](O)[C@H](O[C@@H]6O[C@H](CO)[C@H](O)[C@H](O)[C@H]6O)[C@H]5O)[C@@H]4O)[C@@H]3O)[C@H]2NC(C)=O)[C@H](O)[C@@H](CO)O[C@H]1O. The fourth-order valence-corrected chi connectivity index (χ4v) is 15.1. The first-order chi connectivity index (χ1) is 55.5. The Labute approximate surface area is 660 Å². The van der Waals surface area contributed by atoms with Crippen molar-refractivity contribution in [2.24, 2.45) is 0 Å². The van der Waals surface area contributed by atoms with Gasteiger partial charge in [0.15, 0.2) is 62.9 Å². The van der Waals surface area contributed by atoms with Crippen molar-refractivity contribution >= 4 is 11.8 Å². The highest BCUT2D eigenvalue weighted by molar-refractivity contribution is 5.73. The number of ether oxygens (including phenoxy) is 19. The molecule has 10 heterocycles. The highest BCUT2D eigenvalue weighted by atomic mass is 16.8. The molecule has 10 aliphatic rings. The van der Waals surface area contributed by atoms with Crippen LogP contribution in [0.4, 0.5) is 0 Å². The van der Waals surface area contributed by atoms with Crippen molar-refractivity contribution < 1.29 is 253 Å². The Hall–Kier alpha value is -3.02. The minimum absolute atomic E-state index is 0.851. The van der Waals surface area contributed by atoms with Crippen molar-refractivity contribution in [1.29, 1.82) is 0 Å². The summed E-state index contributed by atoms with van der Waals surface area (Å²) in [6.45, 7) is -9.31. The van der Waals surface area contributed by atoms with Crippen molar-refractivity contribution in [1.82, 2.24) is 10.6 Å². The molecule has 0 aliphatic carbocycles. The van der Waals surface area contributed by atoms with E-state index in [-0.39, 0.29) is 0 Å². The number of hydrogen-bond acceptors (Lipinski definition) is 51. The zero-order valence-electron chi connectivity index (χ0n) is 61.9. The van der Waals surface area contributed by atoms with E-state index in [1.807, 2.05) is 0 Å². The maximum Gasteiger partial charge on any atom is 0.217 e. The molecule has 2 amide bonds. The van der Waals surface area contributed by atoms with Crippen LogP contribution in [0.1, 0.15) is 13.8 Å². The maximum absolute atomic E-state index is 13.2. The Morgan fingerprint density at radius 1 is 0.222 bits per heavy atom. The summed E-state index contributed by atoms with van der Waals surface area (Å²) in [5.74, 6) is -1.85. The van der Waals surface area contributed by atoms with Gasteiger partial charge >= 0.3 is 0 Å². The molecular formula is C64H108N2O51. The number of amides is 2. The van der Waals surface area contributed by atoms with Crippen molar-refractivity contribution in [2.75, 3.05) is 66.1 Å². The van der Waals surface area contributed by atoms with Gasteiger partial charge in [-0.05, 0) is 0 Å². The molecule has 0 unspecified atom stereocenters. The quantitative estimate of drug-likeness (QED) is 0.0318. The molecule has 10 aliphatic heterocycles. The molecule has 0 radical (unpaired) electrons. The highest BCUT2D eigenvalue weighted by Crippen LogP contribution is 2.41. The maximum atomic E-state index is 13.2. The number of carbonyl (C=O) groups excluding carboxylic acids is 2. The molecule has 680 valence electrons. The van der Waals surface area contributed by atoms with E-state index < -0.39 is 385 Å². The van der Waals surface area contributed by atoms with E-state index in [4.69, 9.17) is 90.0 Å². The first-order valence-electron chi connectivity index (χ1n) is 37.2. The summed E-state index contributed by atoms with van der Waals surface area (Å²) >= 11 is 0. The summed E-state index contributed by atoms with van der Waals surface area (Å²) in [7, 11) is 0. The molecule has 10 rings (SSSR count). The third-order valence-electron chi connectivity index (χ3n) is 21.7. The number of hydrogen-bond donors (Lipinski definition) is 32. The van der Waals surface area contributed by atoms with E-state index in [9.17, 15) is 163 Å². The van der Waals surface area contributed by atoms with Gasteiger partial charge in [-0.1, -0.05) is 0 Å². The van der Waals surface area contributed by atoms with Gasteiger partial charge in [0.1, 0.15) is 244 Å². The summed E-state index contributed by atoms with van der Waals surface area (Å²) in [5, 5.41) is 337. The lowest BCUT2D eigenvalue weighted by atomic mass is 9.93. The van der Waals surface area contributed by atoms with Gasteiger partial charge in [0.2, 0.25) is 11.8 Å². The summed E-state index contributed by atoms with van der Waals surface area (Å²) in [5.41, 5.74) is 0. The van der Waals surface area contributed by atoms with Gasteiger partial charge in [-0.2, -0.15) is 0 Å². The van der Waals surface area contributed by atoms with Crippen LogP contribution in [0.25, 0.3) is 0 Å². The van der Waals surface area contributed by atoms with Gasteiger partial charge in [0, 0.05) is 13.8 Å². The van der Waals surface area contributed by atoms with Crippen LogP contribution in [-0.4, -0.2) is 538 Å². The van der Waals surface area contributed by atoms with E-state index in [0.29, 0.717) is 0 Å². The highest BCUT2D eigenvalue weighted by Gasteiger charge is 2.62. The fourth-order valence-electron chi connectivity index (χ4n) is 15.1. The normalized spacial score (nSPS) is 51.5. The van der Waals surface area contributed by atoms with E-state index in [1.54, 1.807) is 0 Å². The molecule has 0 saturated carbocycles. The zero-order chi connectivity index (χ0) is 85.9. The van der Waals surface area contributed by atoms with Crippen molar-refractivity contribution in [3.63, 3.8) is 0 Å². The molecule has 117 heavy (non-hydrogen) atoms. The van der Waals surface area contributed by atoms with Crippen LogP contribution >= 0.6 is 0 Å². The minimum Gasteiger partial charge on any atom is -0.394 e. The molecule has 10 saturated heterocycles. The van der Waals surface area contributed by atoms with Gasteiger partial charge in [0.05, 0.1) is 66.1 Å². The first-order valence-corrected chi connectivity index (χ1v) is 37.2. The van der Waals surface area contributed by atoms with E-state index in [1.165, 1.54) is 0 Å². The molecule has 50 atom stereocenters. The lowest BCUT2D eigenvalue weighted by Gasteiger charge is -2.51. The third kappa shape index (κ3) is 20.6. The smallest absolute Gasteiger partial charge is 0.217 e. The van der Waals surface area contributed by atoms with Gasteiger partial charge in [-0.15, -0.1) is 0 Å². The molecule has 0 aromatic carbocycles. The molecular weight excluding hydrogens is 1610 g/mol. The van der Waals surface area contributed by atoms with Crippen LogP contribution in [0, 0.1) is 0 Å². The predicted molar refractivity (Wildman–Crippen MR) is 353 cm³/mol. The largest absolute Gasteiger partial charge is 0.394 e. The van der Waals surface area contributed by atoms with Crippen LogP contribution < -0.4 is 10.6 Å². The van der Waals surface area contributed by atoms with Crippen LogP contribution in [-0.2, 0) is 99.6 Å². The molecule has 0 spiro atoms. The van der Waals surface area contributed by atoms with Gasteiger partial charge in [-0.3, -0.25) is 9.59 Å². The first kappa shape index (κ1) is 96.2. The monoisotopic (exact) mass is 1720 g/mol. The minimum atomic E-state index is -2.64. The average molecular weight is 1720 g/mol. The van der Waals surface area contributed by atoms with Gasteiger partial charge in [-0.25, -0.2) is 0 Å². The third-order valence-corrected chi connectivity index (χ3v) is 21.7. The fraction of sp³-hybridized carbons (Fsp3) is 0.969. The van der Waals surface area contributed by atoms with Crippen LogP contribution in [0.15, 0.2) is 0 Å². The Morgan fingerprint density at radius 2 is 0.444 bits per heavy atom. The van der Waals surface area contributed by atoms with Crippen molar-refractivity contribution in [2.45, 2.75) is 321 Å². The molecule has 10 fully saturated rings. The average Bonchev–Trinajstić information content (AvgIpc) is 0.770. The Morgan fingerprint density at radius 3 is 0.803 bits per heavy atom. The lowest BCUT2D eigenvalue weighted by molar-refractivity contribution is -0.411. The predicted octanol–water partition coefficient (Wildman–Crippen LogP) is -22.5. The molecule has 0 aromatic heterocycles. The Kier molecular flexibility index (Phi) is 34.4. The van der Waals surface area contributed by atoms with Crippen molar-refractivity contribution in [3.8, 4) is 0 Å². The van der Waals surface area contributed by atoms with Crippen LogP contribution in [0.3, 0.4) is 0 Å². The van der Waals surface area contributed by atoms with E-state index in [2.05, 4.69) is 10.6 Å². The second-order valence-electron chi connectivity index (χ2n) is 29.5. The van der Waals surface area contributed by atoms with Gasteiger partial charge < -0.3 is 254 Å². The number of aliphatic hydroxyl groups excluding tert-OH is 30. The van der Waals surface area contributed by atoms with E-state index in [0.717, 1.165) is 13.8 Å². The van der Waals surface area contributed by atoms with Crippen LogP contribution in [0.5, 0.6) is 0 Å². The second kappa shape index (κ2) is 41.9. The lowest BCUT2D eigenvalue weighted by Crippen LogP contribution is -2.71. The zero-order valence-corrected chi connectivity index (χ0v) is 61.9. The summed E-state index contributed by atoms with van der Waals surface area (Å²) in [6, 6.07) is -3.74. The molecule has 53 heteroatoms. The topological polar surface area (TPSA) is 840 Å². The number of aliphatic hydroxyl groups is 30. The Bertz CT molecular complexity index is 3050. The van der Waals surface area contributed by atoms with E-state index >= 15 is 0 Å². The summed E-state index contributed by atoms with van der Waals surface area (Å²) < 4.78 is 111. The Balaban J connectivity index is 0.967. The van der Waals surface area contributed by atoms with Gasteiger partial charge in [0.25, 0.3) is 0 Å². The number of carbonyl (C=O) groups is 2. The molecule has 0 bridgehead atoms. The number of rotatable bonds is 30. The van der Waals surface area contributed by atoms with Crippen molar-refractivity contribution in [3.05, 3.63) is 0 Å². The number of nitrogens with one attached hydrogen (secondary N) is 2. The second-order valence-corrected chi connectivity index (χ2v) is 29.5. The molecule has 0 aromatic rings. The summed E-state index contributed by atoms with van der Waals surface area (Å²) in [6.07, 6.45) is -104.